The second-order valence-corrected chi connectivity index (χ2v) is 25.8. The lowest BCUT2D eigenvalue weighted by Gasteiger charge is -2.32. The predicted octanol–water partition coefficient (Wildman–Crippen LogP) is 9.67. The lowest BCUT2D eigenvalue weighted by atomic mass is 9.84. The summed E-state index contributed by atoms with van der Waals surface area (Å²) < 4.78 is 16.1. The average molecular weight is 1140 g/mol. The van der Waals surface area contributed by atoms with E-state index in [2.05, 4.69) is 70.1 Å². The molecule has 0 aromatic heterocycles. The molecule has 0 radical (unpaired) electrons. The summed E-state index contributed by atoms with van der Waals surface area (Å²) in [6.07, 6.45) is 10.4. The van der Waals surface area contributed by atoms with Gasteiger partial charge in [0, 0.05) is 44.9 Å². The predicted molar refractivity (Wildman–Crippen MR) is 317 cm³/mol. The molecule has 7 N–H and O–H groups in total. The highest BCUT2D eigenvalue weighted by Gasteiger charge is 2.34. The van der Waals surface area contributed by atoms with Gasteiger partial charge in [-0.3, -0.25) is 24.0 Å². The van der Waals surface area contributed by atoms with Gasteiger partial charge in [-0.1, -0.05) is 104 Å². The molecular weight excluding hydrogens is 1030 g/mol. The lowest BCUT2D eigenvalue weighted by molar-refractivity contribution is -0.163. The maximum Gasteiger partial charge on any atom is 0.407 e. The number of unbranched alkanes of at least 4 members (excludes halogenated alkanes) is 7. The number of ketones is 1. The first-order valence-corrected chi connectivity index (χ1v) is 29.9. The number of hydrogen-bond acceptors (Lipinski definition) is 12. The number of benzene rings is 1. The minimum absolute atomic E-state index is 0.0401. The summed E-state index contributed by atoms with van der Waals surface area (Å²) in [4.78, 5) is 118. The van der Waals surface area contributed by atoms with Gasteiger partial charge in [-0.2, -0.15) is 0 Å². The zero-order chi connectivity index (χ0) is 61.2. The van der Waals surface area contributed by atoms with Gasteiger partial charge in [0.1, 0.15) is 23.3 Å². The molecule has 3 unspecified atom stereocenters. The second-order valence-electron chi connectivity index (χ2n) is 25.8. The molecule has 0 fully saturated rings. The van der Waals surface area contributed by atoms with Crippen LogP contribution >= 0.6 is 0 Å². The third-order valence-electron chi connectivity index (χ3n) is 13.1. The van der Waals surface area contributed by atoms with Crippen molar-refractivity contribution in [2.75, 3.05) is 26.2 Å². The molecule has 0 aliphatic carbocycles. The van der Waals surface area contributed by atoms with E-state index >= 15 is 0 Å². The number of esters is 2. The van der Waals surface area contributed by atoms with Crippen molar-refractivity contribution < 1.29 is 57.4 Å². The van der Waals surface area contributed by atoms with Gasteiger partial charge in [0.05, 0.1) is 12.6 Å². The van der Waals surface area contributed by atoms with Crippen LogP contribution in [-0.4, -0.2) is 115 Å². The molecule has 1 aromatic rings. The van der Waals surface area contributed by atoms with Crippen molar-refractivity contribution in [1.29, 1.82) is 0 Å². The van der Waals surface area contributed by atoms with Crippen LogP contribution in [0.2, 0.25) is 0 Å². The highest BCUT2D eigenvalue weighted by Crippen LogP contribution is 2.25. The van der Waals surface area contributed by atoms with Crippen LogP contribution in [-0.2, 0) is 54.2 Å². The number of amides is 7. The zero-order valence-electron chi connectivity index (χ0n) is 52.2. The van der Waals surface area contributed by atoms with E-state index in [-0.39, 0.29) is 66.8 Å². The number of aryl methyl sites for hydroxylation is 2. The quantitative estimate of drug-likeness (QED) is 0.0141. The molecule has 0 heterocycles. The number of carbonyl (C=O) groups is 9. The number of ether oxygens (including phenoxy) is 3. The molecule has 1 aromatic carbocycles. The average Bonchev–Trinajstić information content (AvgIpc) is 3.37. The monoisotopic (exact) mass is 1140 g/mol. The molecule has 81 heavy (non-hydrogen) atoms. The van der Waals surface area contributed by atoms with Crippen molar-refractivity contribution >= 4 is 53.5 Å². The molecule has 19 heteroatoms. The van der Waals surface area contributed by atoms with E-state index in [9.17, 15) is 43.2 Å². The van der Waals surface area contributed by atoms with Gasteiger partial charge in [-0.25, -0.2) is 19.2 Å². The molecule has 4 atom stereocenters. The molecular formula is C62H107N7O12. The van der Waals surface area contributed by atoms with Gasteiger partial charge in [0.25, 0.3) is 5.78 Å². The topological polar surface area (TPSA) is 266 Å². The van der Waals surface area contributed by atoms with Crippen LogP contribution in [0.5, 0.6) is 0 Å². The number of Topliss-reactive ketones (excluding diaryl/α,β-unsaturated/α-hetero) is 1. The molecule has 7 amide bonds. The Morgan fingerprint density at radius 3 is 1.63 bits per heavy atom. The highest BCUT2D eigenvalue weighted by atomic mass is 16.6. The summed E-state index contributed by atoms with van der Waals surface area (Å²) in [6.45, 7) is 27.8. The second kappa shape index (κ2) is 38.1. The number of urea groups is 1. The summed E-state index contributed by atoms with van der Waals surface area (Å²) in [5, 5.41) is 20.0. The highest BCUT2D eigenvalue weighted by molar-refractivity contribution is 6.36. The number of rotatable bonds is 38. The Labute approximate surface area is 486 Å². The summed E-state index contributed by atoms with van der Waals surface area (Å²) in [7, 11) is 0. The molecule has 0 aliphatic rings. The molecule has 19 nitrogen and oxygen atoms in total. The van der Waals surface area contributed by atoms with Crippen LogP contribution in [0.15, 0.2) is 24.3 Å². The maximum atomic E-state index is 14.0. The maximum absolute atomic E-state index is 14.0. The van der Waals surface area contributed by atoms with Crippen molar-refractivity contribution in [2.45, 2.75) is 267 Å². The Hall–Kier alpha value is -5.75. The first-order valence-electron chi connectivity index (χ1n) is 29.9. The van der Waals surface area contributed by atoms with Crippen LogP contribution in [0.4, 0.5) is 9.59 Å². The summed E-state index contributed by atoms with van der Waals surface area (Å²) in [5.41, 5.74) is 0.289. The smallest absolute Gasteiger partial charge is 0.407 e. The van der Waals surface area contributed by atoms with Gasteiger partial charge in [0.15, 0.2) is 0 Å². The molecule has 462 valence electrons. The fraction of sp³-hybridized carbons (Fsp3) is 0.758. The SMILES string of the molecule is CCCCOC(=O)C(CCC(C)(C)C)NC(=O)NC(CCC(=O)NCCCCCCCC(=O)NC(CCCCNC(=O)OC(C)(C)C)C(=O)N[C@@H](CCCCNC(=O)CCCc1ccc(C)cc1)C(=O)C(=O)OC(C)(C)C)C(C)(C)C. The Morgan fingerprint density at radius 2 is 1.05 bits per heavy atom. The van der Waals surface area contributed by atoms with Crippen molar-refractivity contribution in [3.63, 3.8) is 0 Å². The summed E-state index contributed by atoms with van der Waals surface area (Å²) in [5.74, 6) is -3.68. The Balaban J connectivity index is 2.81. The fourth-order valence-electron chi connectivity index (χ4n) is 8.38. The number of carbonyl (C=O) groups excluding carboxylic acids is 9. The number of nitrogens with one attached hydrogen (secondary N) is 7. The Morgan fingerprint density at radius 1 is 0.506 bits per heavy atom. The van der Waals surface area contributed by atoms with E-state index in [1.54, 1.807) is 41.5 Å². The van der Waals surface area contributed by atoms with E-state index in [0.717, 1.165) is 50.5 Å². The molecule has 0 bridgehead atoms. The van der Waals surface area contributed by atoms with E-state index < -0.39 is 65.1 Å². The van der Waals surface area contributed by atoms with Gasteiger partial charge in [0.2, 0.25) is 23.6 Å². The zero-order valence-corrected chi connectivity index (χ0v) is 52.2. The summed E-state index contributed by atoms with van der Waals surface area (Å²) >= 11 is 0. The van der Waals surface area contributed by atoms with E-state index in [1.807, 2.05) is 46.8 Å². The minimum Gasteiger partial charge on any atom is -0.464 e. The van der Waals surface area contributed by atoms with E-state index in [1.165, 1.54) is 5.56 Å². The van der Waals surface area contributed by atoms with Crippen LogP contribution in [0, 0.1) is 17.8 Å². The minimum atomic E-state index is -1.25. The van der Waals surface area contributed by atoms with Crippen LogP contribution < -0.4 is 37.2 Å². The first kappa shape index (κ1) is 73.3. The van der Waals surface area contributed by atoms with Gasteiger partial charge >= 0.3 is 24.1 Å². The van der Waals surface area contributed by atoms with E-state index in [0.29, 0.717) is 83.9 Å². The Kier molecular flexibility index (Phi) is 34.5. The lowest BCUT2D eigenvalue weighted by Crippen LogP contribution is -2.53. The van der Waals surface area contributed by atoms with Crippen LogP contribution in [0.3, 0.4) is 0 Å². The Bertz CT molecular complexity index is 2090. The van der Waals surface area contributed by atoms with Gasteiger partial charge < -0.3 is 51.4 Å². The van der Waals surface area contributed by atoms with Crippen LogP contribution in [0.25, 0.3) is 0 Å². The van der Waals surface area contributed by atoms with Crippen molar-refractivity contribution in [3.05, 3.63) is 35.4 Å². The molecule has 0 saturated heterocycles. The van der Waals surface area contributed by atoms with Crippen molar-refractivity contribution in [3.8, 4) is 0 Å². The number of hydrogen-bond donors (Lipinski definition) is 7. The molecule has 0 aliphatic heterocycles. The van der Waals surface area contributed by atoms with E-state index in [4.69, 9.17) is 14.2 Å². The molecule has 1 rings (SSSR count). The van der Waals surface area contributed by atoms with Gasteiger partial charge in [-0.05, 0) is 155 Å². The molecule has 0 spiro atoms. The van der Waals surface area contributed by atoms with Gasteiger partial charge in [-0.15, -0.1) is 0 Å². The molecule has 0 saturated carbocycles. The van der Waals surface area contributed by atoms with Crippen molar-refractivity contribution in [2.24, 2.45) is 10.8 Å². The summed E-state index contributed by atoms with van der Waals surface area (Å²) in [6, 6.07) is 4.29. The fourth-order valence-corrected chi connectivity index (χ4v) is 8.38. The first-order chi connectivity index (χ1) is 37.8. The normalized spacial score (nSPS) is 13.3. The van der Waals surface area contributed by atoms with Crippen molar-refractivity contribution in [1.82, 2.24) is 37.2 Å². The third-order valence-corrected chi connectivity index (χ3v) is 13.1. The third kappa shape index (κ3) is 37.8. The van der Waals surface area contributed by atoms with Crippen LogP contribution in [0.1, 0.15) is 230 Å². The standard InChI is InChI=1S/C62H107N7O12/c1-15-16-43-79-55(75)48(38-39-59(3,4)5)68-57(77)69-49(60(6,7)8)36-37-51(71)64-40-23-19-17-18-20-30-52(72)66-47(29-22-25-42-65-58(78)81-62(12,13)14)54(74)67-46(53(73)56(76)80-61(9,10)11)28-21-24-41-63-50(70)31-26-27-45-34-32-44(2)33-35-45/h32-35,46-49H,15-31,36-43H2,1-14H3,(H,63,70)(H,64,71)(H,65,78)(H,66,72)(H,67,74)(H2,68,69,77)/t46-,47?,48?,49?/m0/s1. The largest absolute Gasteiger partial charge is 0.464 e. The number of alkyl carbamates (subject to hydrolysis) is 1.